The maximum Gasteiger partial charge on any atom is 0.123 e. The van der Waals surface area contributed by atoms with Crippen molar-refractivity contribution in [3.8, 4) is 17.2 Å². The van der Waals surface area contributed by atoms with Crippen LogP contribution in [0, 0.1) is 0 Å². The Morgan fingerprint density at radius 1 is 0.931 bits per heavy atom. The van der Waals surface area contributed by atoms with Crippen LogP contribution in [0.2, 0.25) is 0 Å². The second-order valence-electron chi connectivity index (χ2n) is 7.40. The van der Waals surface area contributed by atoms with Crippen LogP contribution >= 0.6 is 0 Å². The number of benzene rings is 2. The molecule has 0 aliphatic carbocycles. The Hall–Kier alpha value is -2.28. The standard InChI is InChI=1S/C23H32N2O4/c1-27-21-12-18(13-22(14-21)28-2)15-25-10-9-24(17-20(25)8-11-26)16-19-6-4-5-7-23(19)29-3/h4-7,12-14,20,26H,8-11,15-17H2,1-3H3. The van der Waals surface area contributed by atoms with Crippen molar-refractivity contribution in [3.05, 3.63) is 53.6 Å². The lowest BCUT2D eigenvalue weighted by molar-refractivity contribution is 0.0495. The van der Waals surface area contributed by atoms with Crippen molar-refractivity contribution in [2.45, 2.75) is 25.6 Å². The average Bonchev–Trinajstić information content (AvgIpc) is 2.75. The summed E-state index contributed by atoms with van der Waals surface area (Å²) in [5.74, 6) is 2.53. The Balaban J connectivity index is 1.69. The predicted molar refractivity (Wildman–Crippen MR) is 114 cm³/mol. The highest BCUT2D eigenvalue weighted by atomic mass is 16.5. The Kier molecular flexibility index (Phi) is 7.75. The molecule has 2 aromatic rings. The van der Waals surface area contributed by atoms with Gasteiger partial charge in [0.1, 0.15) is 17.2 Å². The topological polar surface area (TPSA) is 54.4 Å². The van der Waals surface area contributed by atoms with E-state index in [0.717, 1.165) is 62.0 Å². The zero-order valence-corrected chi connectivity index (χ0v) is 17.6. The summed E-state index contributed by atoms with van der Waals surface area (Å²) in [5.41, 5.74) is 2.35. The summed E-state index contributed by atoms with van der Waals surface area (Å²) in [4.78, 5) is 4.89. The molecule has 1 unspecified atom stereocenters. The molecule has 0 bridgehead atoms. The zero-order valence-electron chi connectivity index (χ0n) is 17.6. The van der Waals surface area contributed by atoms with Crippen LogP contribution in [-0.4, -0.2) is 68.5 Å². The first-order chi connectivity index (χ1) is 14.2. The van der Waals surface area contributed by atoms with Crippen molar-refractivity contribution in [2.24, 2.45) is 0 Å². The van der Waals surface area contributed by atoms with E-state index in [1.807, 2.05) is 18.2 Å². The van der Waals surface area contributed by atoms with Gasteiger partial charge in [-0.1, -0.05) is 18.2 Å². The third-order valence-electron chi connectivity index (χ3n) is 5.53. The molecule has 1 aliphatic heterocycles. The normalized spacial score (nSPS) is 17.9. The van der Waals surface area contributed by atoms with Crippen LogP contribution in [0.15, 0.2) is 42.5 Å². The Morgan fingerprint density at radius 2 is 1.66 bits per heavy atom. The van der Waals surface area contributed by atoms with Gasteiger partial charge in [0.2, 0.25) is 0 Å². The van der Waals surface area contributed by atoms with E-state index in [-0.39, 0.29) is 6.61 Å². The molecule has 0 saturated carbocycles. The molecule has 0 aromatic heterocycles. The van der Waals surface area contributed by atoms with E-state index in [4.69, 9.17) is 14.2 Å². The predicted octanol–water partition coefficient (Wildman–Crippen LogP) is 2.78. The molecule has 3 rings (SSSR count). The fraction of sp³-hybridized carbons (Fsp3) is 0.478. The second-order valence-corrected chi connectivity index (χ2v) is 7.40. The molecular formula is C23H32N2O4. The molecule has 2 aromatic carbocycles. The molecule has 1 fully saturated rings. The molecule has 1 heterocycles. The summed E-state index contributed by atoms with van der Waals surface area (Å²) in [6.07, 6.45) is 0.754. The Bertz CT molecular complexity index is 761. The van der Waals surface area contributed by atoms with Gasteiger partial charge in [-0.05, 0) is 30.2 Å². The van der Waals surface area contributed by atoms with E-state index in [2.05, 4.69) is 34.1 Å². The van der Waals surface area contributed by atoms with Crippen molar-refractivity contribution >= 4 is 0 Å². The molecular weight excluding hydrogens is 368 g/mol. The summed E-state index contributed by atoms with van der Waals surface area (Å²) in [6, 6.07) is 14.5. The maximum absolute atomic E-state index is 9.62. The summed E-state index contributed by atoms with van der Waals surface area (Å²) in [7, 11) is 5.06. The van der Waals surface area contributed by atoms with Crippen LogP contribution in [-0.2, 0) is 13.1 Å². The van der Waals surface area contributed by atoms with Gasteiger partial charge in [0.25, 0.3) is 0 Å². The van der Waals surface area contributed by atoms with Crippen LogP contribution in [0.4, 0.5) is 0 Å². The molecule has 158 valence electrons. The van der Waals surface area contributed by atoms with E-state index >= 15 is 0 Å². The first-order valence-electron chi connectivity index (χ1n) is 10.1. The number of para-hydroxylation sites is 1. The number of hydrogen-bond donors (Lipinski definition) is 1. The first kappa shape index (κ1) is 21.4. The van der Waals surface area contributed by atoms with Crippen molar-refractivity contribution in [1.29, 1.82) is 0 Å². The monoisotopic (exact) mass is 400 g/mol. The first-order valence-corrected chi connectivity index (χ1v) is 10.1. The fourth-order valence-corrected chi connectivity index (χ4v) is 4.00. The zero-order chi connectivity index (χ0) is 20.6. The molecule has 0 spiro atoms. The quantitative estimate of drug-likeness (QED) is 0.699. The fourth-order valence-electron chi connectivity index (χ4n) is 4.00. The molecule has 6 heteroatoms. The smallest absolute Gasteiger partial charge is 0.123 e. The van der Waals surface area contributed by atoms with Crippen LogP contribution in [0.1, 0.15) is 17.5 Å². The minimum atomic E-state index is 0.186. The van der Waals surface area contributed by atoms with E-state index < -0.39 is 0 Å². The molecule has 1 N–H and O–H groups in total. The maximum atomic E-state index is 9.62. The number of hydrogen-bond acceptors (Lipinski definition) is 6. The molecule has 1 saturated heterocycles. The summed E-state index contributed by atoms with van der Waals surface area (Å²) >= 11 is 0. The SMILES string of the molecule is COc1cc(CN2CCN(Cc3ccccc3OC)CC2CCO)cc(OC)c1. The van der Waals surface area contributed by atoms with E-state index in [1.165, 1.54) is 5.56 Å². The summed E-state index contributed by atoms with van der Waals surface area (Å²) in [5, 5.41) is 9.62. The highest BCUT2D eigenvalue weighted by Crippen LogP contribution is 2.26. The molecule has 0 amide bonds. The average molecular weight is 401 g/mol. The number of aliphatic hydroxyl groups is 1. The van der Waals surface area contributed by atoms with Gasteiger partial charge in [-0.3, -0.25) is 9.80 Å². The van der Waals surface area contributed by atoms with Gasteiger partial charge < -0.3 is 19.3 Å². The molecule has 29 heavy (non-hydrogen) atoms. The Morgan fingerprint density at radius 3 is 2.31 bits per heavy atom. The van der Waals surface area contributed by atoms with Gasteiger partial charge in [-0.2, -0.15) is 0 Å². The number of nitrogens with zero attached hydrogens (tertiary/aromatic N) is 2. The van der Waals surface area contributed by atoms with Crippen LogP contribution < -0.4 is 14.2 Å². The number of rotatable bonds is 9. The lowest BCUT2D eigenvalue weighted by atomic mass is 10.1. The molecule has 1 atom stereocenters. The molecule has 1 aliphatic rings. The van der Waals surface area contributed by atoms with Gasteiger partial charge in [-0.25, -0.2) is 0 Å². The highest BCUT2D eigenvalue weighted by Gasteiger charge is 2.27. The lowest BCUT2D eigenvalue weighted by Gasteiger charge is -2.41. The Labute approximate surface area is 173 Å². The third-order valence-corrected chi connectivity index (χ3v) is 5.53. The van der Waals surface area contributed by atoms with Crippen molar-refractivity contribution in [3.63, 3.8) is 0 Å². The van der Waals surface area contributed by atoms with Gasteiger partial charge >= 0.3 is 0 Å². The van der Waals surface area contributed by atoms with Gasteiger partial charge in [0, 0.05) is 57.0 Å². The van der Waals surface area contributed by atoms with Crippen LogP contribution in [0.3, 0.4) is 0 Å². The van der Waals surface area contributed by atoms with Crippen LogP contribution in [0.25, 0.3) is 0 Å². The number of aliphatic hydroxyl groups excluding tert-OH is 1. The molecule has 6 nitrogen and oxygen atoms in total. The third kappa shape index (κ3) is 5.63. The second kappa shape index (κ2) is 10.5. The minimum Gasteiger partial charge on any atom is -0.497 e. The summed E-state index contributed by atoms with van der Waals surface area (Å²) < 4.78 is 16.3. The minimum absolute atomic E-state index is 0.186. The van der Waals surface area contributed by atoms with Gasteiger partial charge in [0.15, 0.2) is 0 Å². The van der Waals surface area contributed by atoms with Gasteiger partial charge in [0.05, 0.1) is 21.3 Å². The largest absolute Gasteiger partial charge is 0.497 e. The van der Waals surface area contributed by atoms with Gasteiger partial charge in [-0.15, -0.1) is 0 Å². The van der Waals surface area contributed by atoms with Crippen LogP contribution in [0.5, 0.6) is 17.2 Å². The van der Waals surface area contributed by atoms with Crippen molar-refractivity contribution < 1.29 is 19.3 Å². The summed E-state index contributed by atoms with van der Waals surface area (Å²) in [6.45, 7) is 4.68. The number of ether oxygens (including phenoxy) is 3. The molecule has 0 radical (unpaired) electrons. The van der Waals surface area contributed by atoms with E-state index in [0.29, 0.717) is 6.04 Å². The number of piperazine rings is 1. The lowest BCUT2D eigenvalue weighted by Crippen LogP contribution is -2.52. The van der Waals surface area contributed by atoms with E-state index in [1.54, 1.807) is 21.3 Å². The highest BCUT2D eigenvalue weighted by molar-refractivity contribution is 5.38. The van der Waals surface area contributed by atoms with E-state index in [9.17, 15) is 5.11 Å². The van der Waals surface area contributed by atoms with Crippen molar-refractivity contribution in [2.75, 3.05) is 47.6 Å². The van der Waals surface area contributed by atoms with Crippen molar-refractivity contribution in [1.82, 2.24) is 9.80 Å². The number of methoxy groups -OCH3 is 3.